The first kappa shape index (κ1) is 9.09. The van der Waals surface area contributed by atoms with Gasteiger partial charge in [0.1, 0.15) is 10.0 Å². The molecule has 0 radical (unpaired) electrons. The summed E-state index contributed by atoms with van der Waals surface area (Å²) in [4.78, 5) is 0. The molecule has 4 heteroatoms. The minimum Gasteiger partial charge on any atom is -0.322 e. The first-order chi connectivity index (χ1) is 6.00. The Bertz CT molecular complexity index is 316. The van der Waals surface area contributed by atoms with Crippen molar-refractivity contribution in [2.45, 2.75) is 39.2 Å². The van der Waals surface area contributed by atoms with Crippen LogP contribution in [0, 0.1) is 5.41 Å². The average molecular weight is 197 g/mol. The highest BCUT2D eigenvalue weighted by molar-refractivity contribution is 7.11. The number of nitrogens with two attached hydrogens (primary N) is 1. The lowest BCUT2D eigenvalue weighted by Gasteiger charge is -1.97. The van der Waals surface area contributed by atoms with Gasteiger partial charge in [0.2, 0.25) is 0 Å². The minimum absolute atomic E-state index is 0.0214. The Morgan fingerprint density at radius 2 is 2.15 bits per heavy atom. The second kappa shape index (κ2) is 2.75. The third kappa shape index (κ3) is 1.60. The van der Waals surface area contributed by atoms with Crippen LogP contribution in [0.15, 0.2) is 0 Å². The van der Waals surface area contributed by atoms with Gasteiger partial charge in [-0.2, -0.15) is 0 Å². The fourth-order valence-corrected chi connectivity index (χ4v) is 2.57. The van der Waals surface area contributed by atoms with Crippen LogP contribution in [-0.2, 0) is 0 Å². The van der Waals surface area contributed by atoms with E-state index in [0.29, 0.717) is 11.3 Å². The molecule has 2 rings (SSSR count). The Kier molecular flexibility index (Phi) is 1.92. The molecule has 2 N–H and O–H groups in total. The molecule has 1 aliphatic rings. The third-order valence-corrected chi connectivity index (χ3v) is 3.90. The van der Waals surface area contributed by atoms with Gasteiger partial charge in [-0.25, -0.2) is 0 Å². The fourth-order valence-electron chi connectivity index (χ4n) is 1.46. The summed E-state index contributed by atoms with van der Waals surface area (Å²) in [5.74, 6) is 0.623. The number of aromatic nitrogens is 2. The zero-order chi connectivity index (χ0) is 9.64. The highest BCUT2D eigenvalue weighted by Crippen LogP contribution is 2.59. The Balaban J connectivity index is 2.16. The molecule has 0 spiro atoms. The number of hydrogen-bond donors (Lipinski definition) is 1. The van der Waals surface area contributed by atoms with Crippen LogP contribution in [0.4, 0.5) is 0 Å². The van der Waals surface area contributed by atoms with Crippen molar-refractivity contribution in [3.8, 4) is 0 Å². The predicted molar refractivity (Wildman–Crippen MR) is 53.7 cm³/mol. The molecule has 0 bridgehead atoms. The summed E-state index contributed by atoms with van der Waals surface area (Å²) in [5, 5.41) is 10.4. The van der Waals surface area contributed by atoms with Gasteiger partial charge < -0.3 is 5.73 Å². The summed E-state index contributed by atoms with van der Waals surface area (Å²) in [5.41, 5.74) is 6.16. The van der Waals surface area contributed by atoms with Gasteiger partial charge in [0.25, 0.3) is 0 Å². The van der Waals surface area contributed by atoms with Gasteiger partial charge >= 0.3 is 0 Å². The highest BCUT2D eigenvalue weighted by Gasteiger charge is 2.48. The Hall–Kier alpha value is -0.480. The topological polar surface area (TPSA) is 51.8 Å². The van der Waals surface area contributed by atoms with E-state index < -0.39 is 0 Å². The van der Waals surface area contributed by atoms with Gasteiger partial charge in [0.15, 0.2) is 0 Å². The molecular weight excluding hydrogens is 182 g/mol. The van der Waals surface area contributed by atoms with Crippen LogP contribution in [0.2, 0.25) is 0 Å². The van der Waals surface area contributed by atoms with Crippen molar-refractivity contribution in [3.63, 3.8) is 0 Å². The summed E-state index contributed by atoms with van der Waals surface area (Å²) in [7, 11) is 0. The van der Waals surface area contributed by atoms with Crippen molar-refractivity contribution in [2.24, 2.45) is 11.1 Å². The molecule has 1 fully saturated rings. The van der Waals surface area contributed by atoms with Crippen LogP contribution < -0.4 is 5.73 Å². The van der Waals surface area contributed by atoms with Gasteiger partial charge in [-0.05, 0) is 18.8 Å². The lowest BCUT2D eigenvalue weighted by molar-refractivity contribution is 0.618. The molecule has 1 aromatic heterocycles. The Labute approximate surface area is 82.4 Å². The second-order valence-corrected chi connectivity index (χ2v) is 5.55. The zero-order valence-corrected chi connectivity index (χ0v) is 9.06. The van der Waals surface area contributed by atoms with Gasteiger partial charge in [-0.1, -0.05) is 25.2 Å². The number of nitrogens with zero attached hydrogens (tertiary/aromatic N) is 2. The lowest BCUT2D eigenvalue weighted by Crippen LogP contribution is -2.03. The molecule has 1 saturated carbocycles. The summed E-state index contributed by atoms with van der Waals surface area (Å²) in [6, 6.07) is 0.0214. The highest BCUT2D eigenvalue weighted by atomic mass is 32.1. The van der Waals surface area contributed by atoms with E-state index in [-0.39, 0.29) is 6.04 Å². The monoisotopic (exact) mass is 197 g/mol. The summed E-state index contributed by atoms with van der Waals surface area (Å²) >= 11 is 1.67. The lowest BCUT2D eigenvalue weighted by atomic mass is 10.1. The maximum atomic E-state index is 5.72. The molecule has 0 aromatic carbocycles. The van der Waals surface area contributed by atoms with E-state index >= 15 is 0 Å². The van der Waals surface area contributed by atoms with Gasteiger partial charge in [0.05, 0.1) is 6.04 Å². The molecule has 1 aromatic rings. The van der Waals surface area contributed by atoms with E-state index in [2.05, 4.69) is 24.0 Å². The molecular formula is C9H15N3S. The summed E-state index contributed by atoms with van der Waals surface area (Å²) in [6.07, 6.45) is 1.24. The normalized spacial score (nSPS) is 27.2. The van der Waals surface area contributed by atoms with Crippen LogP contribution in [0.5, 0.6) is 0 Å². The zero-order valence-electron chi connectivity index (χ0n) is 8.24. The van der Waals surface area contributed by atoms with Crippen molar-refractivity contribution in [3.05, 3.63) is 10.0 Å². The van der Waals surface area contributed by atoms with Crippen LogP contribution in [0.3, 0.4) is 0 Å². The van der Waals surface area contributed by atoms with Crippen molar-refractivity contribution in [1.82, 2.24) is 10.2 Å². The Morgan fingerprint density at radius 1 is 1.54 bits per heavy atom. The molecule has 3 nitrogen and oxygen atoms in total. The van der Waals surface area contributed by atoms with E-state index in [1.807, 2.05) is 6.92 Å². The Morgan fingerprint density at radius 3 is 2.54 bits per heavy atom. The molecule has 2 atom stereocenters. The fraction of sp³-hybridized carbons (Fsp3) is 0.778. The average Bonchev–Trinajstić information content (AvgIpc) is 2.50. The molecule has 0 saturated heterocycles. The standard InChI is InChI=1S/C9H15N3S/c1-5(10)7-11-12-8(13-7)6-4-9(6,2)3/h5-6H,4,10H2,1-3H3. The molecule has 0 amide bonds. The van der Waals surface area contributed by atoms with Gasteiger partial charge in [-0.15, -0.1) is 10.2 Å². The van der Waals surface area contributed by atoms with Crippen molar-refractivity contribution in [2.75, 3.05) is 0 Å². The van der Waals surface area contributed by atoms with Crippen molar-refractivity contribution < 1.29 is 0 Å². The first-order valence-corrected chi connectivity index (χ1v) is 5.41. The van der Waals surface area contributed by atoms with E-state index in [4.69, 9.17) is 5.73 Å². The molecule has 13 heavy (non-hydrogen) atoms. The SMILES string of the molecule is CC(N)c1nnc(C2CC2(C)C)s1. The van der Waals surface area contributed by atoms with Crippen LogP contribution in [-0.4, -0.2) is 10.2 Å². The smallest absolute Gasteiger partial charge is 0.133 e. The number of hydrogen-bond acceptors (Lipinski definition) is 4. The van der Waals surface area contributed by atoms with E-state index in [1.54, 1.807) is 11.3 Å². The van der Waals surface area contributed by atoms with Crippen molar-refractivity contribution >= 4 is 11.3 Å². The van der Waals surface area contributed by atoms with E-state index in [0.717, 1.165) is 10.0 Å². The van der Waals surface area contributed by atoms with E-state index in [1.165, 1.54) is 6.42 Å². The summed E-state index contributed by atoms with van der Waals surface area (Å²) in [6.45, 7) is 6.48. The maximum Gasteiger partial charge on any atom is 0.133 e. The van der Waals surface area contributed by atoms with Crippen molar-refractivity contribution in [1.29, 1.82) is 0 Å². The largest absolute Gasteiger partial charge is 0.322 e. The third-order valence-electron chi connectivity index (χ3n) is 2.66. The molecule has 0 aliphatic heterocycles. The van der Waals surface area contributed by atoms with Gasteiger partial charge in [0, 0.05) is 5.92 Å². The van der Waals surface area contributed by atoms with Crippen LogP contribution in [0.1, 0.15) is 49.2 Å². The predicted octanol–water partition coefficient (Wildman–Crippen LogP) is 2.07. The molecule has 1 heterocycles. The quantitative estimate of drug-likeness (QED) is 0.789. The second-order valence-electron chi connectivity index (χ2n) is 4.51. The maximum absolute atomic E-state index is 5.72. The van der Waals surface area contributed by atoms with E-state index in [9.17, 15) is 0 Å². The minimum atomic E-state index is 0.0214. The van der Waals surface area contributed by atoms with Gasteiger partial charge in [-0.3, -0.25) is 0 Å². The van der Waals surface area contributed by atoms with Crippen LogP contribution >= 0.6 is 11.3 Å². The molecule has 72 valence electrons. The summed E-state index contributed by atoms with van der Waals surface area (Å²) < 4.78 is 0. The first-order valence-electron chi connectivity index (χ1n) is 4.59. The molecule has 2 unspecified atom stereocenters. The molecule has 1 aliphatic carbocycles. The number of rotatable bonds is 2. The van der Waals surface area contributed by atoms with Crippen LogP contribution in [0.25, 0.3) is 0 Å².